The highest BCUT2D eigenvalue weighted by Gasteiger charge is 2.46. The summed E-state index contributed by atoms with van der Waals surface area (Å²) in [5, 5.41) is 0.979. The first kappa shape index (κ1) is 22.2. The van der Waals surface area contributed by atoms with Crippen molar-refractivity contribution in [3.63, 3.8) is 0 Å². The average Bonchev–Trinajstić information content (AvgIpc) is 3.41. The lowest BCUT2D eigenvalue weighted by molar-refractivity contribution is 0.0506. The highest BCUT2D eigenvalue weighted by atomic mass is 16.6. The molecule has 184 valence electrons. The number of hydrogen-bond donors (Lipinski definition) is 0. The van der Waals surface area contributed by atoms with Crippen molar-refractivity contribution >= 4 is 22.8 Å². The molecule has 2 unspecified atom stereocenters. The van der Waals surface area contributed by atoms with Crippen molar-refractivity contribution in [2.24, 2.45) is 5.92 Å². The van der Waals surface area contributed by atoms with Gasteiger partial charge in [-0.25, -0.2) is 4.79 Å². The van der Waals surface area contributed by atoms with Crippen molar-refractivity contribution in [3.05, 3.63) is 102 Å². The fourth-order valence-corrected chi connectivity index (χ4v) is 6.82. The molecule has 0 saturated carbocycles. The van der Waals surface area contributed by atoms with Crippen LogP contribution in [-0.2, 0) is 4.74 Å². The molecule has 1 aromatic heterocycles. The minimum Gasteiger partial charge on any atom is -0.448 e. The van der Waals surface area contributed by atoms with E-state index >= 15 is 0 Å². The number of amides is 1. The number of nitrogens with zero attached hydrogens (tertiary/aromatic N) is 2. The quantitative estimate of drug-likeness (QED) is 0.303. The predicted octanol–water partition coefficient (Wildman–Crippen LogP) is 6.61. The Bertz CT molecular complexity index is 1470. The highest BCUT2D eigenvalue weighted by Crippen LogP contribution is 2.45. The van der Waals surface area contributed by atoms with Crippen LogP contribution in [0.2, 0.25) is 0 Å². The Hall–Kier alpha value is -3.99. The van der Waals surface area contributed by atoms with Gasteiger partial charge >= 0.3 is 6.09 Å². The summed E-state index contributed by atoms with van der Waals surface area (Å²) in [6.07, 6.45) is 4.79. The van der Waals surface area contributed by atoms with E-state index in [9.17, 15) is 9.59 Å². The standard InChI is InChI=1S/C32H28N2O3/c35-31(21-11-14-30-20(16-21)6-5-15-33-30)22-17-23-12-13-24(18-22)34(23)32(36)37-19-29-27-9-3-1-7-25(27)26-8-2-4-10-28(26)29/h1-11,14-16,22-24,29H,12-13,17-19H2. The molecule has 2 bridgehead atoms. The van der Waals surface area contributed by atoms with Gasteiger partial charge in [0.1, 0.15) is 6.61 Å². The van der Waals surface area contributed by atoms with Gasteiger partial charge in [0.25, 0.3) is 0 Å². The van der Waals surface area contributed by atoms with Crippen LogP contribution in [0, 0.1) is 5.92 Å². The summed E-state index contributed by atoms with van der Waals surface area (Å²) in [5.74, 6) is 0.162. The van der Waals surface area contributed by atoms with E-state index in [1.165, 1.54) is 22.3 Å². The van der Waals surface area contributed by atoms with E-state index in [1.54, 1.807) is 6.20 Å². The minimum atomic E-state index is -0.239. The second kappa shape index (κ2) is 8.84. The Kier molecular flexibility index (Phi) is 5.31. The molecule has 3 aromatic carbocycles. The second-order valence-electron chi connectivity index (χ2n) is 10.5. The minimum absolute atomic E-state index is 0.0514. The maximum Gasteiger partial charge on any atom is 0.410 e. The number of ketones is 1. The van der Waals surface area contributed by atoms with E-state index in [0.29, 0.717) is 19.4 Å². The van der Waals surface area contributed by atoms with Gasteiger partial charge in [-0.05, 0) is 72.2 Å². The van der Waals surface area contributed by atoms with E-state index in [1.807, 2.05) is 47.4 Å². The van der Waals surface area contributed by atoms with Crippen molar-refractivity contribution in [2.45, 2.75) is 43.7 Å². The molecule has 3 heterocycles. The third-order valence-electron chi connectivity index (χ3n) is 8.54. The molecule has 5 nitrogen and oxygen atoms in total. The van der Waals surface area contributed by atoms with E-state index in [-0.39, 0.29) is 35.8 Å². The Morgan fingerprint density at radius 2 is 1.51 bits per heavy atom. The Labute approximate surface area is 216 Å². The van der Waals surface area contributed by atoms with Crippen molar-refractivity contribution in [2.75, 3.05) is 6.61 Å². The predicted molar refractivity (Wildman–Crippen MR) is 143 cm³/mol. The lowest BCUT2D eigenvalue weighted by atomic mass is 9.84. The molecular weight excluding hydrogens is 460 g/mol. The third kappa shape index (κ3) is 3.72. The average molecular weight is 489 g/mol. The molecule has 3 aliphatic rings. The van der Waals surface area contributed by atoms with Crippen LogP contribution in [0.1, 0.15) is 53.1 Å². The van der Waals surface area contributed by atoms with Crippen LogP contribution >= 0.6 is 0 Å². The van der Waals surface area contributed by atoms with Crippen LogP contribution < -0.4 is 0 Å². The number of Topliss-reactive ketones (excluding diaryl/α,β-unsaturated/α-hetero) is 1. The molecule has 5 heteroatoms. The second-order valence-corrected chi connectivity index (χ2v) is 10.5. The molecule has 37 heavy (non-hydrogen) atoms. The van der Waals surface area contributed by atoms with Crippen molar-refractivity contribution in [1.29, 1.82) is 0 Å². The molecule has 2 fully saturated rings. The number of piperidine rings is 1. The van der Waals surface area contributed by atoms with Gasteiger partial charge in [-0.15, -0.1) is 0 Å². The van der Waals surface area contributed by atoms with Gasteiger partial charge < -0.3 is 9.64 Å². The van der Waals surface area contributed by atoms with Crippen molar-refractivity contribution in [1.82, 2.24) is 9.88 Å². The molecule has 1 amide bonds. The summed E-state index contributed by atoms with van der Waals surface area (Å²) in [4.78, 5) is 33.1. The normalized spacial score (nSPS) is 22.1. The maximum atomic E-state index is 13.4. The van der Waals surface area contributed by atoms with Crippen LogP contribution in [0.4, 0.5) is 4.79 Å². The van der Waals surface area contributed by atoms with E-state index < -0.39 is 0 Å². The van der Waals surface area contributed by atoms with E-state index in [2.05, 4.69) is 41.4 Å². The van der Waals surface area contributed by atoms with Crippen LogP contribution in [-0.4, -0.2) is 40.5 Å². The molecule has 2 saturated heterocycles. The first-order valence-electron chi connectivity index (χ1n) is 13.2. The van der Waals surface area contributed by atoms with Gasteiger partial charge in [0.05, 0.1) is 5.52 Å². The van der Waals surface area contributed by atoms with E-state index in [0.717, 1.165) is 29.3 Å². The van der Waals surface area contributed by atoms with Gasteiger partial charge in [-0.1, -0.05) is 54.6 Å². The van der Waals surface area contributed by atoms with Gasteiger partial charge in [0.2, 0.25) is 0 Å². The van der Waals surface area contributed by atoms with Crippen LogP contribution in [0.3, 0.4) is 0 Å². The molecule has 0 radical (unpaired) electrons. The Morgan fingerprint density at radius 3 is 2.22 bits per heavy atom. The van der Waals surface area contributed by atoms with Gasteiger partial charge in [-0.3, -0.25) is 9.78 Å². The molecule has 2 aliphatic heterocycles. The Morgan fingerprint density at radius 1 is 0.838 bits per heavy atom. The number of benzene rings is 3. The van der Waals surface area contributed by atoms with Gasteiger partial charge in [0, 0.05) is 41.1 Å². The van der Waals surface area contributed by atoms with Gasteiger partial charge in [-0.2, -0.15) is 0 Å². The topological polar surface area (TPSA) is 59.5 Å². The first-order chi connectivity index (χ1) is 18.2. The molecule has 0 N–H and O–H groups in total. The fraction of sp³-hybridized carbons (Fsp3) is 0.281. The smallest absolute Gasteiger partial charge is 0.410 e. The number of hydrogen-bond acceptors (Lipinski definition) is 4. The number of fused-ring (bicyclic) bond motifs is 6. The summed E-state index contributed by atoms with van der Waals surface area (Å²) in [6, 6.07) is 26.5. The number of rotatable bonds is 4. The summed E-state index contributed by atoms with van der Waals surface area (Å²) in [7, 11) is 0. The van der Waals surface area contributed by atoms with Crippen LogP contribution in [0.15, 0.2) is 85.1 Å². The van der Waals surface area contributed by atoms with Crippen molar-refractivity contribution in [3.8, 4) is 11.1 Å². The molecule has 1 aliphatic carbocycles. The lowest BCUT2D eigenvalue weighted by Crippen LogP contribution is -2.48. The number of carbonyl (C=O) groups excluding carboxylic acids is 2. The van der Waals surface area contributed by atoms with Crippen LogP contribution in [0.25, 0.3) is 22.0 Å². The fourth-order valence-electron chi connectivity index (χ4n) is 6.82. The summed E-state index contributed by atoms with van der Waals surface area (Å²) in [5.41, 5.74) is 6.51. The lowest BCUT2D eigenvalue weighted by Gasteiger charge is -2.37. The molecule has 0 spiro atoms. The largest absolute Gasteiger partial charge is 0.448 e. The highest BCUT2D eigenvalue weighted by molar-refractivity contribution is 6.01. The molecular formula is C32H28N2O3. The number of carbonyl (C=O) groups is 2. The maximum absolute atomic E-state index is 13.4. The monoisotopic (exact) mass is 488 g/mol. The van der Waals surface area contributed by atoms with Crippen molar-refractivity contribution < 1.29 is 14.3 Å². The molecule has 7 rings (SSSR count). The third-order valence-corrected chi connectivity index (χ3v) is 8.54. The first-order valence-corrected chi connectivity index (χ1v) is 13.2. The van der Waals surface area contributed by atoms with Crippen LogP contribution in [0.5, 0.6) is 0 Å². The molecule has 2 atom stereocenters. The number of ether oxygens (including phenoxy) is 1. The summed E-state index contributed by atoms with van der Waals surface area (Å²) in [6.45, 7) is 0.330. The summed E-state index contributed by atoms with van der Waals surface area (Å²) >= 11 is 0. The number of pyridine rings is 1. The van der Waals surface area contributed by atoms with E-state index in [4.69, 9.17) is 4.74 Å². The summed E-state index contributed by atoms with van der Waals surface area (Å²) < 4.78 is 5.98. The number of aromatic nitrogens is 1. The zero-order valence-corrected chi connectivity index (χ0v) is 20.5. The zero-order valence-electron chi connectivity index (χ0n) is 20.5. The van der Waals surface area contributed by atoms with Gasteiger partial charge in [0.15, 0.2) is 5.78 Å². The zero-order chi connectivity index (χ0) is 24.9. The Balaban J connectivity index is 1.05. The SMILES string of the molecule is O=C(c1ccc2ncccc2c1)C1CC2CCC(C1)N2C(=O)OCC1c2ccccc2-c2ccccc21. The molecule has 4 aromatic rings.